The topological polar surface area (TPSA) is 61.2 Å². The van der Waals surface area contributed by atoms with Gasteiger partial charge in [0.25, 0.3) is 10.0 Å². The lowest BCUT2D eigenvalue weighted by molar-refractivity contribution is 0.298. The second-order valence-electron chi connectivity index (χ2n) is 5.52. The molecule has 0 aliphatic rings. The van der Waals surface area contributed by atoms with E-state index in [1.54, 1.807) is 36.4 Å². The Labute approximate surface area is 151 Å². The van der Waals surface area contributed by atoms with E-state index in [9.17, 15) is 8.42 Å². The van der Waals surface area contributed by atoms with E-state index in [1.807, 2.05) is 13.8 Å². The van der Waals surface area contributed by atoms with Crippen LogP contribution in [0.1, 0.15) is 18.2 Å². The summed E-state index contributed by atoms with van der Waals surface area (Å²) >= 11 is 6.22. The molecule has 130 valence electrons. The zero-order chi connectivity index (χ0) is 18.2. The van der Waals surface area contributed by atoms with Gasteiger partial charge in [0.15, 0.2) is 0 Å². The average molecular weight is 377 g/mol. The number of aromatic nitrogens is 2. The van der Waals surface area contributed by atoms with E-state index in [-0.39, 0.29) is 10.0 Å². The third-order valence-electron chi connectivity index (χ3n) is 3.79. The van der Waals surface area contributed by atoms with E-state index in [2.05, 4.69) is 11.6 Å². The molecule has 0 aliphatic heterocycles. The molecule has 0 atom stereocenters. The first-order valence-corrected chi connectivity index (χ1v) is 9.48. The lowest BCUT2D eigenvalue weighted by atomic mass is 10.2. The maximum atomic E-state index is 13.0. The molecule has 0 saturated heterocycles. The Bertz CT molecular complexity index is 1050. The van der Waals surface area contributed by atoms with Crippen molar-refractivity contribution in [2.45, 2.75) is 18.7 Å². The van der Waals surface area contributed by atoms with Gasteiger partial charge in [0.1, 0.15) is 16.6 Å². The van der Waals surface area contributed by atoms with Gasteiger partial charge in [0.05, 0.1) is 17.0 Å². The highest BCUT2D eigenvalue weighted by Crippen LogP contribution is 2.29. The monoisotopic (exact) mass is 376 g/mol. The van der Waals surface area contributed by atoms with Crippen molar-refractivity contribution in [2.24, 2.45) is 0 Å². The van der Waals surface area contributed by atoms with Crippen LogP contribution in [-0.4, -0.2) is 24.0 Å². The molecule has 0 fully saturated rings. The van der Waals surface area contributed by atoms with Crippen LogP contribution in [0.5, 0.6) is 0 Å². The number of halogens is 1. The van der Waals surface area contributed by atoms with E-state index in [1.165, 1.54) is 10.2 Å². The highest BCUT2D eigenvalue weighted by atomic mass is 35.5. The molecule has 3 aromatic rings. The minimum Gasteiger partial charge on any atom is -0.492 e. The van der Waals surface area contributed by atoms with Crippen molar-refractivity contribution >= 4 is 38.3 Å². The third-order valence-corrected chi connectivity index (χ3v) is 5.78. The molecule has 2 heterocycles. The Hall–Kier alpha value is -2.31. The summed E-state index contributed by atoms with van der Waals surface area (Å²) in [6, 6.07) is 9.93. The van der Waals surface area contributed by atoms with Gasteiger partial charge in [0, 0.05) is 11.6 Å². The van der Waals surface area contributed by atoms with Gasteiger partial charge in [-0.3, -0.25) is 0 Å². The second kappa shape index (κ2) is 6.54. The van der Waals surface area contributed by atoms with Crippen LogP contribution in [0.25, 0.3) is 16.7 Å². The maximum absolute atomic E-state index is 13.0. The summed E-state index contributed by atoms with van der Waals surface area (Å²) in [4.78, 5) is 4.43. The van der Waals surface area contributed by atoms with E-state index >= 15 is 0 Å². The van der Waals surface area contributed by atoms with Gasteiger partial charge in [0.2, 0.25) is 0 Å². The molecular weight excluding hydrogens is 360 g/mol. The number of aryl methyl sites for hydroxylation is 1. The number of benzene rings is 1. The van der Waals surface area contributed by atoms with Gasteiger partial charge in [-0.15, -0.1) is 0 Å². The molecule has 3 rings (SSSR count). The number of ether oxygens (including phenoxy) is 1. The molecule has 1 aromatic carbocycles. The summed E-state index contributed by atoms with van der Waals surface area (Å²) in [6.45, 7) is 7.96. The number of pyridine rings is 1. The van der Waals surface area contributed by atoms with Crippen molar-refractivity contribution in [1.29, 1.82) is 0 Å². The van der Waals surface area contributed by atoms with Crippen LogP contribution in [0, 0.1) is 6.92 Å². The van der Waals surface area contributed by atoms with Gasteiger partial charge in [-0.1, -0.05) is 35.9 Å². The zero-order valence-corrected chi connectivity index (χ0v) is 15.4. The van der Waals surface area contributed by atoms with Crippen molar-refractivity contribution in [3.05, 3.63) is 65.6 Å². The van der Waals surface area contributed by atoms with E-state index in [0.717, 1.165) is 5.56 Å². The summed E-state index contributed by atoms with van der Waals surface area (Å²) in [7, 11) is -3.75. The van der Waals surface area contributed by atoms with E-state index in [4.69, 9.17) is 16.3 Å². The standard InChI is InChI=1S/C18H17ClN2O3S/c1-4-24-13(3)16-11-17-15(18(19)20-16)9-10-21(17)25(22,23)14-7-5-12(2)6-8-14/h5-11H,3-4H2,1-2H3. The normalized spacial score (nSPS) is 11.6. The SMILES string of the molecule is C=C(OCC)c1cc2c(ccn2S(=O)(=O)c2ccc(C)cc2)c(Cl)n1. The zero-order valence-electron chi connectivity index (χ0n) is 13.9. The Morgan fingerprint density at radius 1 is 1.28 bits per heavy atom. The van der Waals surface area contributed by atoms with E-state index < -0.39 is 10.0 Å². The van der Waals surface area contributed by atoms with E-state index in [0.29, 0.717) is 29.0 Å². The average Bonchev–Trinajstić information content (AvgIpc) is 3.01. The first-order valence-electron chi connectivity index (χ1n) is 7.66. The maximum Gasteiger partial charge on any atom is 0.268 e. The largest absolute Gasteiger partial charge is 0.492 e. The summed E-state index contributed by atoms with van der Waals surface area (Å²) in [6.07, 6.45) is 1.47. The molecule has 0 unspecified atom stereocenters. The molecule has 25 heavy (non-hydrogen) atoms. The Balaban J connectivity index is 2.19. The lowest BCUT2D eigenvalue weighted by Gasteiger charge is -2.10. The fraction of sp³-hybridized carbons (Fsp3) is 0.167. The molecule has 0 saturated carbocycles. The van der Waals surface area contributed by atoms with Crippen LogP contribution in [0.2, 0.25) is 5.15 Å². The minimum absolute atomic E-state index is 0.200. The third kappa shape index (κ3) is 3.15. The second-order valence-corrected chi connectivity index (χ2v) is 7.69. The Morgan fingerprint density at radius 3 is 2.60 bits per heavy atom. The lowest BCUT2D eigenvalue weighted by Crippen LogP contribution is -2.12. The summed E-state index contributed by atoms with van der Waals surface area (Å²) in [5.41, 5.74) is 1.81. The Morgan fingerprint density at radius 2 is 1.96 bits per heavy atom. The first kappa shape index (κ1) is 17.5. The summed E-state index contributed by atoms with van der Waals surface area (Å²) < 4.78 is 32.5. The predicted molar refractivity (Wildman–Crippen MR) is 99.2 cm³/mol. The molecule has 2 aromatic heterocycles. The number of fused-ring (bicyclic) bond motifs is 1. The highest BCUT2D eigenvalue weighted by molar-refractivity contribution is 7.90. The van der Waals surface area contributed by atoms with Crippen LogP contribution in [-0.2, 0) is 14.8 Å². The van der Waals surface area contributed by atoms with Crippen LogP contribution < -0.4 is 0 Å². The molecule has 5 nitrogen and oxygen atoms in total. The van der Waals surface area contributed by atoms with Gasteiger partial charge >= 0.3 is 0 Å². The van der Waals surface area contributed by atoms with Gasteiger partial charge in [-0.25, -0.2) is 17.4 Å². The fourth-order valence-corrected chi connectivity index (χ4v) is 4.08. The van der Waals surface area contributed by atoms with Crippen molar-refractivity contribution < 1.29 is 13.2 Å². The van der Waals surface area contributed by atoms with Crippen LogP contribution in [0.15, 0.2) is 54.1 Å². The number of nitrogens with zero attached hydrogens (tertiary/aromatic N) is 2. The van der Waals surface area contributed by atoms with Gasteiger partial charge in [-0.05, 0) is 38.1 Å². The van der Waals surface area contributed by atoms with Crippen molar-refractivity contribution in [2.75, 3.05) is 6.61 Å². The number of hydrogen-bond donors (Lipinski definition) is 0. The molecule has 7 heteroatoms. The smallest absolute Gasteiger partial charge is 0.268 e. The van der Waals surface area contributed by atoms with Crippen LogP contribution in [0.4, 0.5) is 0 Å². The van der Waals surface area contributed by atoms with Gasteiger partial charge < -0.3 is 4.74 Å². The van der Waals surface area contributed by atoms with Crippen LogP contribution in [0.3, 0.4) is 0 Å². The summed E-state index contributed by atoms with van der Waals surface area (Å²) in [5, 5.41) is 0.747. The molecule has 0 spiro atoms. The highest BCUT2D eigenvalue weighted by Gasteiger charge is 2.21. The van der Waals surface area contributed by atoms with Crippen molar-refractivity contribution in [3.8, 4) is 0 Å². The van der Waals surface area contributed by atoms with Gasteiger partial charge in [-0.2, -0.15) is 0 Å². The molecule has 0 amide bonds. The molecule has 0 aliphatic carbocycles. The first-order chi connectivity index (χ1) is 11.8. The van der Waals surface area contributed by atoms with Crippen molar-refractivity contribution in [3.63, 3.8) is 0 Å². The Kier molecular flexibility index (Phi) is 4.58. The predicted octanol–water partition coefficient (Wildman–Crippen LogP) is 4.24. The molecular formula is C18H17ClN2O3S. The molecule has 0 radical (unpaired) electrons. The summed E-state index contributed by atoms with van der Waals surface area (Å²) in [5.74, 6) is 0.340. The van der Waals surface area contributed by atoms with Crippen LogP contribution >= 0.6 is 11.6 Å². The molecule has 0 N–H and O–H groups in total. The number of hydrogen-bond acceptors (Lipinski definition) is 4. The van der Waals surface area contributed by atoms with Crippen molar-refractivity contribution in [1.82, 2.24) is 8.96 Å². The fourth-order valence-electron chi connectivity index (χ4n) is 2.49. The number of rotatable bonds is 5. The molecule has 0 bridgehead atoms. The quantitative estimate of drug-likeness (QED) is 0.493. The minimum atomic E-state index is -3.75.